The number of benzene rings is 2. The molecule has 5 heteroatoms. The van der Waals surface area contributed by atoms with E-state index in [0.717, 1.165) is 22.4 Å². The lowest BCUT2D eigenvalue weighted by atomic mass is 9.96. The maximum absolute atomic E-state index is 12.4. The van der Waals surface area contributed by atoms with Gasteiger partial charge in [-0.3, -0.25) is 9.59 Å². The van der Waals surface area contributed by atoms with E-state index >= 15 is 0 Å². The third kappa shape index (κ3) is 4.67. The molecule has 5 nitrogen and oxygen atoms in total. The largest absolute Gasteiger partial charge is 0.497 e. The number of carbonyl (C=O) groups excluding carboxylic acids is 2. The first-order valence-electron chi connectivity index (χ1n) is 9.39. The topological polar surface area (TPSA) is 58.6 Å². The van der Waals surface area contributed by atoms with Crippen molar-refractivity contribution in [2.75, 3.05) is 26.7 Å². The van der Waals surface area contributed by atoms with Gasteiger partial charge in [-0.05, 0) is 35.2 Å². The lowest BCUT2D eigenvalue weighted by Crippen LogP contribution is -2.36. The lowest BCUT2D eigenvalue weighted by Gasteiger charge is -2.22. The number of hydrogen-bond acceptors (Lipinski definition) is 3. The highest BCUT2D eigenvalue weighted by molar-refractivity contribution is 5.82. The number of methoxy groups -OCH3 is 1. The summed E-state index contributed by atoms with van der Waals surface area (Å²) in [5, 5.41) is 2.93. The molecule has 27 heavy (non-hydrogen) atoms. The van der Waals surface area contributed by atoms with Crippen molar-refractivity contribution in [3.63, 3.8) is 0 Å². The molecule has 1 atom stereocenters. The van der Waals surface area contributed by atoms with Gasteiger partial charge in [0.05, 0.1) is 13.0 Å². The number of ether oxygens (including phenoxy) is 1. The molecule has 1 N–H and O–H groups in total. The molecule has 142 valence electrons. The van der Waals surface area contributed by atoms with Crippen molar-refractivity contribution in [2.45, 2.75) is 19.8 Å². The molecule has 2 aromatic rings. The van der Waals surface area contributed by atoms with Crippen LogP contribution < -0.4 is 10.1 Å². The minimum Gasteiger partial charge on any atom is -0.497 e. The smallest absolute Gasteiger partial charge is 0.225 e. The van der Waals surface area contributed by atoms with Gasteiger partial charge < -0.3 is 15.0 Å². The maximum atomic E-state index is 12.4. The Morgan fingerprint density at radius 1 is 1.11 bits per heavy atom. The van der Waals surface area contributed by atoms with Gasteiger partial charge in [0.1, 0.15) is 5.75 Å². The van der Waals surface area contributed by atoms with Gasteiger partial charge in [-0.1, -0.05) is 43.3 Å². The summed E-state index contributed by atoms with van der Waals surface area (Å²) in [5.41, 5.74) is 3.34. The van der Waals surface area contributed by atoms with Crippen molar-refractivity contribution in [1.82, 2.24) is 10.2 Å². The molecule has 1 aliphatic rings. The molecule has 0 unspecified atom stereocenters. The predicted molar refractivity (Wildman–Crippen MR) is 106 cm³/mol. The summed E-state index contributed by atoms with van der Waals surface area (Å²) < 4.78 is 5.20. The van der Waals surface area contributed by atoms with E-state index in [0.29, 0.717) is 32.5 Å². The van der Waals surface area contributed by atoms with Crippen LogP contribution in [0.1, 0.15) is 18.9 Å². The van der Waals surface area contributed by atoms with Crippen LogP contribution in [0.3, 0.4) is 0 Å². The highest BCUT2D eigenvalue weighted by Crippen LogP contribution is 2.23. The van der Waals surface area contributed by atoms with Gasteiger partial charge in [0.25, 0.3) is 0 Å². The van der Waals surface area contributed by atoms with Crippen LogP contribution in [0.15, 0.2) is 48.5 Å². The fourth-order valence-electron chi connectivity index (χ4n) is 3.41. The summed E-state index contributed by atoms with van der Waals surface area (Å²) in [6.07, 6.45) is 1.10. The SMILES string of the molecule is CCC(=O)N1CCNC(=O)[C@@H](Cc2ccc(-c3ccc(OC)cc3)cc2)C1. The van der Waals surface area contributed by atoms with Gasteiger partial charge in [-0.25, -0.2) is 0 Å². The molecule has 2 aromatic carbocycles. The van der Waals surface area contributed by atoms with E-state index in [-0.39, 0.29) is 17.7 Å². The van der Waals surface area contributed by atoms with E-state index in [2.05, 4.69) is 29.6 Å². The summed E-state index contributed by atoms with van der Waals surface area (Å²) in [4.78, 5) is 26.2. The Kier molecular flexibility index (Phi) is 6.12. The molecular formula is C22H26N2O3. The second-order valence-electron chi connectivity index (χ2n) is 6.81. The summed E-state index contributed by atoms with van der Waals surface area (Å²) in [6, 6.07) is 16.2. The minimum atomic E-state index is -0.213. The van der Waals surface area contributed by atoms with Crippen LogP contribution in [0.4, 0.5) is 0 Å². The molecule has 0 saturated carbocycles. The fourth-order valence-corrected chi connectivity index (χ4v) is 3.41. The van der Waals surface area contributed by atoms with Crippen LogP contribution >= 0.6 is 0 Å². The lowest BCUT2D eigenvalue weighted by molar-refractivity contribution is -0.131. The van der Waals surface area contributed by atoms with E-state index in [1.54, 1.807) is 12.0 Å². The van der Waals surface area contributed by atoms with E-state index in [4.69, 9.17) is 4.74 Å². The molecule has 1 fully saturated rings. The van der Waals surface area contributed by atoms with Crippen LogP contribution in [-0.2, 0) is 16.0 Å². The summed E-state index contributed by atoms with van der Waals surface area (Å²) in [7, 11) is 1.66. The van der Waals surface area contributed by atoms with Gasteiger partial charge in [0, 0.05) is 26.1 Å². The zero-order chi connectivity index (χ0) is 19.2. The van der Waals surface area contributed by atoms with Gasteiger partial charge in [-0.2, -0.15) is 0 Å². The molecule has 0 radical (unpaired) electrons. The van der Waals surface area contributed by atoms with Crippen molar-refractivity contribution < 1.29 is 14.3 Å². The molecule has 0 bridgehead atoms. The first kappa shape index (κ1) is 19.0. The van der Waals surface area contributed by atoms with Crippen LogP contribution in [0, 0.1) is 5.92 Å². The van der Waals surface area contributed by atoms with E-state index in [1.165, 1.54) is 0 Å². The van der Waals surface area contributed by atoms with E-state index in [9.17, 15) is 9.59 Å². The van der Waals surface area contributed by atoms with Gasteiger partial charge in [0.15, 0.2) is 0 Å². The summed E-state index contributed by atoms with van der Waals surface area (Å²) >= 11 is 0. The third-order valence-corrected chi connectivity index (χ3v) is 5.01. The van der Waals surface area contributed by atoms with Crippen molar-refractivity contribution in [3.05, 3.63) is 54.1 Å². The second-order valence-corrected chi connectivity index (χ2v) is 6.81. The summed E-state index contributed by atoms with van der Waals surface area (Å²) in [6.45, 7) is 3.46. The molecule has 0 aliphatic carbocycles. The molecule has 0 aromatic heterocycles. The zero-order valence-corrected chi connectivity index (χ0v) is 15.9. The maximum Gasteiger partial charge on any atom is 0.225 e. The highest BCUT2D eigenvalue weighted by Gasteiger charge is 2.27. The van der Waals surface area contributed by atoms with Crippen LogP contribution in [0.2, 0.25) is 0 Å². The van der Waals surface area contributed by atoms with Crippen molar-refractivity contribution in [3.8, 4) is 16.9 Å². The fraction of sp³-hybridized carbons (Fsp3) is 0.364. The molecule has 1 heterocycles. The normalized spacial score (nSPS) is 17.2. The van der Waals surface area contributed by atoms with Crippen LogP contribution in [-0.4, -0.2) is 43.5 Å². The predicted octanol–water partition coefficient (Wildman–Crippen LogP) is 2.89. The second kappa shape index (κ2) is 8.71. The Hall–Kier alpha value is -2.82. The monoisotopic (exact) mass is 366 g/mol. The number of hydrogen-bond donors (Lipinski definition) is 1. The third-order valence-electron chi connectivity index (χ3n) is 5.01. The highest BCUT2D eigenvalue weighted by atomic mass is 16.5. The van der Waals surface area contributed by atoms with Gasteiger partial charge in [0.2, 0.25) is 11.8 Å². The quantitative estimate of drug-likeness (QED) is 0.885. The Morgan fingerprint density at radius 2 is 1.74 bits per heavy atom. The first-order chi connectivity index (χ1) is 13.1. The molecule has 2 amide bonds. The average Bonchev–Trinajstić information content (AvgIpc) is 2.89. The number of carbonyl (C=O) groups is 2. The number of nitrogens with one attached hydrogen (secondary N) is 1. The van der Waals surface area contributed by atoms with Crippen LogP contribution in [0.5, 0.6) is 5.75 Å². The average molecular weight is 366 g/mol. The van der Waals surface area contributed by atoms with Crippen molar-refractivity contribution >= 4 is 11.8 Å². The molecule has 0 spiro atoms. The molecule has 1 aliphatic heterocycles. The molecule has 3 rings (SSSR count). The van der Waals surface area contributed by atoms with E-state index in [1.807, 2.05) is 31.2 Å². The minimum absolute atomic E-state index is 0.0284. The Balaban J connectivity index is 1.70. The van der Waals surface area contributed by atoms with Gasteiger partial charge >= 0.3 is 0 Å². The van der Waals surface area contributed by atoms with Crippen molar-refractivity contribution in [2.24, 2.45) is 5.92 Å². The Morgan fingerprint density at radius 3 is 2.33 bits per heavy atom. The van der Waals surface area contributed by atoms with Crippen LogP contribution in [0.25, 0.3) is 11.1 Å². The standard InChI is InChI=1S/C22H26N2O3/c1-3-21(25)24-13-12-23-22(26)19(15-24)14-16-4-6-17(7-5-16)18-8-10-20(27-2)11-9-18/h4-11,19H,3,12-15H2,1-2H3,(H,23,26)/t19-/m0/s1. The zero-order valence-electron chi connectivity index (χ0n) is 15.9. The Labute approximate surface area is 160 Å². The summed E-state index contributed by atoms with van der Waals surface area (Å²) in [5.74, 6) is 0.753. The number of rotatable bonds is 5. The van der Waals surface area contributed by atoms with E-state index < -0.39 is 0 Å². The van der Waals surface area contributed by atoms with Gasteiger partial charge in [-0.15, -0.1) is 0 Å². The molecule has 1 saturated heterocycles. The first-order valence-corrected chi connectivity index (χ1v) is 9.39. The van der Waals surface area contributed by atoms with Crippen molar-refractivity contribution in [1.29, 1.82) is 0 Å². The molecular weight excluding hydrogens is 340 g/mol. The number of amides is 2. The Bertz CT molecular complexity index is 784. The number of nitrogens with zero attached hydrogens (tertiary/aromatic N) is 1.